The van der Waals surface area contributed by atoms with Crippen molar-refractivity contribution in [3.63, 3.8) is 0 Å². The number of rotatable bonds is 4. The van der Waals surface area contributed by atoms with E-state index in [-0.39, 0.29) is 5.15 Å². The van der Waals surface area contributed by atoms with Crippen molar-refractivity contribution in [2.45, 2.75) is 6.42 Å². The summed E-state index contributed by atoms with van der Waals surface area (Å²) in [5.41, 5.74) is 1.94. The van der Waals surface area contributed by atoms with Crippen LogP contribution < -0.4 is 0 Å². The molecule has 2 heterocycles. The lowest BCUT2D eigenvalue weighted by molar-refractivity contribution is 0.0591. The topological polar surface area (TPSA) is 78.4 Å². The Kier molecular flexibility index (Phi) is 8.37. The number of aromatic nitrogens is 2. The fraction of sp³-hybridized carbons (Fsp3) is 0.143. The van der Waals surface area contributed by atoms with Crippen molar-refractivity contribution in [1.82, 2.24) is 9.97 Å². The number of hydrogen-bond donors (Lipinski definition) is 0. The second-order valence-corrected chi connectivity index (χ2v) is 6.20. The van der Waals surface area contributed by atoms with Crippen LogP contribution in [0.5, 0.6) is 0 Å². The van der Waals surface area contributed by atoms with Crippen molar-refractivity contribution in [3.8, 4) is 0 Å². The van der Waals surface area contributed by atoms with Gasteiger partial charge in [-0.25, -0.2) is 23.4 Å². The molecule has 0 aliphatic heterocycles. The Morgan fingerprint density at radius 3 is 2.03 bits per heavy atom. The first kappa shape index (κ1) is 22.9. The summed E-state index contributed by atoms with van der Waals surface area (Å²) >= 11 is 5.53. The number of nitrogens with zero attached hydrogens (tertiary/aromatic N) is 2. The highest BCUT2D eigenvalue weighted by molar-refractivity contribution is 6.29. The van der Waals surface area contributed by atoms with Gasteiger partial charge in [0.05, 0.1) is 25.3 Å². The van der Waals surface area contributed by atoms with E-state index in [1.54, 1.807) is 6.07 Å². The van der Waals surface area contributed by atoms with Gasteiger partial charge in [0.25, 0.3) is 0 Å². The summed E-state index contributed by atoms with van der Waals surface area (Å²) in [4.78, 5) is 30.0. The molecule has 0 atom stereocenters. The van der Waals surface area contributed by atoms with Crippen molar-refractivity contribution in [1.29, 1.82) is 0 Å². The van der Waals surface area contributed by atoms with E-state index in [0.717, 1.165) is 12.1 Å². The zero-order chi connectivity index (χ0) is 22.1. The number of carbonyl (C=O) groups excluding carboxylic acids is 2. The van der Waals surface area contributed by atoms with Gasteiger partial charge < -0.3 is 9.47 Å². The standard InChI is InChI=1S/C14H11F2NO2.C7H6ClNO2/c1-19-14(18)10-4-5-17-11(8-10)6-9-2-3-12(15)13(16)7-9;1-11-7(10)5-2-3-9-6(8)4-5/h2-5,7-8H,6H2,1H3;2-4H,1H3. The van der Waals surface area contributed by atoms with E-state index in [9.17, 15) is 18.4 Å². The number of esters is 2. The normalized spacial score (nSPS) is 9.90. The lowest BCUT2D eigenvalue weighted by Crippen LogP contribution is -2.03. The third-order valence-electron chi connectivity index (χ3n) is 3.75. The highest BCUT2D eigenvalue weighted by Crippen LogP contribution is 2.13. The van der Waals surface area contributed by atoms with Crippen molar-refractivity contribution < 1.29 is 27.8 Å². The second-order valence-electron chi connectivity index (χ2n) is 5.81. The van der Waals surface area contributed by atoms with E-state index in [0.29, 0.717) is 28.8 Å². The molecule has 0 aliphatic carbocycles. The zero-order valence-electron chi connectivity index (χ0n) is 16.1. The molecule has 156 valence electrons. The van der Waals surface area contributed by atoms with E-state index in [4.69, 9.17) is 11.6 Å². The number of ether oxygens (including phenoxy) is 2. The molecule has 9 heteroatoms. The van der Waals surface area contributed by atoms with Gasteiger partial charge in [-0.3, -0.25) is 4.98 Å². The summed E-state index contributed by atoms with van der Waals surface area (Å²) in [5.74, 6) is -2.66. The molecule has 0 aliphatic rings. The monoisotopic (exact) mass is 434 g/mol. The van der Waals surface area contributed by atoms with Crippen LogP contribution in [0.25, 0.3) is 0 Å². The van der Waals surface area contributed by atoms with Gasteiger partial charge >= 0.3 is 11.9 Å². The molecule has 0 saturated heterocycles. The molecule has 3 rings (SSSR count). The summed E-state index contributed by atoms with van der Waals surface area (Å²) in [5, 5.41) is 0.285. The van der Waals surface area contributed by atoms with E-state index < -0.39 is 23.6 Å². The molecule has 0 saturated carbocycles. The predicted molar refractivity (Wildman–Crippen MR) is 105 cm³/mol. The van der Waals surface area contributed by atoms with E-state index in [1.807, 2.05) is 0 Å². The quantitative estimate of drug-likeness (QED) is 0.451. The number of halogens is 3. The highest BCUT2D eigenvalue weighted by atomic mass is 35.5. The molecule has 1 aromatic carbocycles. The van der Waals surface area contributed by atoms with Crippen LogP contribution in [0.1, 0.15) is 32.0 Å². The maximum absolute atomic E-state index is 13.1. The molecule has 0 amide bonds. The third-order valence-corrected chi connectivity index (χ3v) is 3.96. The molecular weight excluding hydrogens is 418 g/mol. The van der Waals surface area contributed by atoms with Crippen molar-refractivity contribution in [2.24, 2.45) is 0 Å². The minimum atomic E-state index is -0.901. The Balaban J connectivity index is 0.000000248. The number of benzene rings is 1. The summed E-state index contributed by atoms with van der Waals surface area (Å²) in [6, 6.07) is 9.74. The van der Waals surface area contributed by atoms with Gasteiger partial charge in [-0.05, 0) is 42.0 Å². The first-order valence-electron chi connectivity index (χ1n) is 8.51. The highest BCUT2D eigenvalue weighted by Gasteiger charge is 2.08. The van der Waals surface area contributed by atoms with Gasteiger partial charge in [0.2, 0.25) is 0 Å². The molecule has 0 fully saturated rings. The molecular formula is C21H17ClF2N2O4. The second kappa shape index (κ2) is 11.0. The van der Waals surface area contributed by atoms with Crippen LogP contribution in [-0.2, 0) is 15.9 Å². The van der Waals surface area contributed by atoms with Gasteiger partial charge in [-0.1, -0.05) is 17.7 Å². The summed E-state index contributed by atoms with van der Waals surface area (Å²) in [7, 11) is 2.61. The predicted octanol–water partition coefficient (Wildman–Crippen LogP) is 4.26. The van der Waals surface area contributed by atoms with Crippen LogP contribution in [-0.4, -0.2) is 36.1 Å². The molecule has 6 nitrogen and oxygen atoms in total. The SMILES string of the molecule is COC(=O)c1ccnc(Cc2ccc(F)c(F)c2)c1.COC(=O)c1ccnc(Cl)c1. The number of carbonyl (C=O) groups is 2. The van der Waals surface area contributed by atoms with E-state index >= 15 is 0 Å². The van der Waals surface area contributed by atoms with Gasteiger partial charge in [0, 0.05) is 24.5 Å². The first-order chi connectivity index (χ1) is 14.3. The van der Waals surface area contributed by atoms with Crippen molar-refractivity contribution in [3.05, 3.63) is 94.0 Å². The molecule has 0 N–H and O–H groups in total. The Hall–Kier alpha value is -3.39. The van der Waals surface area contributed by atoms with Gasteiger partial charge in [-0.2, -0.15) is 0 Å². The molecule has 2 aromatic heterocycles. The number of pyridine rings is 2. The fourth-order valence-corrected chi connectivity index (χ4v) is 2.50. The van der Waals surface area contributed by atoms with E-state index in [1.165, 1.54) is 50.9 Å². The van der Waals surface area contributed by atoms with Gasteiger partial charge in [-0.15, -0.1) is 0 Å². The zero-order valence-corrected chi connectivity index (χ0v) is 16.8. The van der Waals surface area contributed by atoms with E-state index in [2.05, 4.69) is 19.4 Å². The maximum atomic E-state index is 13.1. The van der Waals surface area contributed by atoms with Crippen LogP contribution in [0.4, 0.5) is 8.78 Å². The molecule has 0 bridgehead atoms. The van der Waals surface area contributed by atoms with Crippen molar-refractivity contribution >= 4 is 23.5 Å². The van der Waals surface area contributed by atoms with Crippen LogP contribution in [0.3, 0.4) is 0 Å². The molecule has 0 unspecified atom stereocenters. The maximum Gasteiger partial charge on any atom is 0.338 e. The van der Waals surface area contributed by atoms with Gasteiger partial charge in [0.1, 0.15) is 5.15 Å². The Morgan fingerprint density at radius 2 is 1.47 bits per heavy atom. The third kappa shape index (κ3) is 6.59. The number of methoxy groups -OCH3 is 2. The number of hydrogen-bond acceptors (Lipinski definition) is 6. The lowest BCUT2D eigenvalue weighted by atomic mass is 10.1. The Labute approximate surface area is 176 Å². The minimum Gasteiger partial charge on any atom is -0.465 e. The average Bonchev–Trinajstić information content (AvgIpc) is 2.76. The fourth-order valence-electron chi connectivity index (χ4n) is 2.33. The van der Waals surface area contributed by atoms with Crippen LogP contribution in [0.2, 0.25) is 5.15 Å². The molecule has 30 heavy (non-hydrogen) atoms. The summed E-state index contributed by atoms with van der Waals surface area (Å²) in [6.45, 7) is 0. The molecule has 0 spiro atoms. The van der Waals surface area contributed by atoms with Crippen LogP contribution >= 0.6 is 11.6 Å². The Bertz CT molecular complexity index is 1050. The largest absolute Gasteiger partial charge is 0.465 e. The molecule has 3 aromatic rings. The van der Waals surface area contributed by atoms with Gasteiger partial charge in [0.15, 0.2) is 11.6 Å². The minimum absolute atomic E-state index is 0.285. The summed E-state index contributed by atoms with van der Waals surface area (Å²) < 4.78 is 34.9. The first-order valence-corrected chi connectivity index (χ1v) is 8.89. The van der Waals surface area contributed by atoms with Crippen molar-refractivity contribution in [2.75, 3.05) is 14.2 Å². The molecule has 0 radical (unpaired) electrons. The Morgan fingerprint density at radius 1 is 0.867 bits per heavy atom. The lowest BCUT2D eigenvalue weighted by Gasteiger charge is -2.04. The average molecular weight is 435 g/mol. The van der Waals surface area contributed by atoms with Crippen LogP contribution in [0, 0.1) is 11.6 Å². The smallest absolute Gasteiger partial charge is 0.338 e. The van der Waals surface area contributed by atoms with Crippen LogP contribution in [0.15, 0.2) is 54.9 Å². The summed E-state index contributed by atoms with van der Waals surface area (Å²) in [6.07, 6.45) is 3.23.